The molecule has 3 nitrogen and oxygen atoms in total. The van der Waals surface area contributed by atoms with Gasteiger partial charge in [0.2, 0.25) is 0 Å². The van der Waals surface area contributed by atoms with Crippen LogP contribution in [0.5, 0.6) is 0 Å². The van der Waals surface area contributed by atoms with Gasteiger partial charge in [0.15, 0.2) is 5.96 Å². The fraction of sp³-hybridized carbons (Fsp3) is 0.929. The lowest BCUT2D eigenvalue weighted by molar-refractivity contribution is 0.143. The molecule has 4 heteroatoms. The average Bonchev–Trinajstić information content (AvgIpc) is 2.10. The number of halogens is 1. The van der Waals surface area contributed by atoms with E-state index in [0.29, 0.717) is 5.96 Å². The van der Waals surface area contributed by atoms with Crippen molar-refractivity contribution in [2.45, 2.75) is 53.9 Å². The van der Waals surface area contributed by atoms with Gasteiger partial charge in [-0.15, -0.1) is 24.0 Å². The summed E-state index contributed by atoms with van der Waals surface area (Å²) in [5, 5.41) is 3.24. The van der Waals surface area contributed by atoms with Gasteiger partial charge in [-0.3, -0.25) is 4.99 Å². The molecule has 0 aromatic carbocycles. The first-order valence-electron chi connectivity index (χ1n) is 6.76. The van der Waals surface area contributed by atoms with Gasteiger partial charge in [-0.2, -0.15) is 0 Å². The summed E-state index contributed by atoms with van der Waals surface area (Å²) in [6.07, 6.45) is 4.06. The Morgan fingerprint density at radius 1 is 1.22 bits per heavy atom. The van der Waals surface area contributed by atoms with Crippen LogP contribution in [-0.4, -0.2) is 19.0 Å². The summed E-state index contributed by atoms with van der Waals surface area (Å²) < 4.78 is 0. The standard InChI is InChI=1S/C14H29N3.HI/c1-13(2,3)14(4,5)10-17-12(15)16-9-11-7-6-8-11;/h11H,6-10H2,1-5H3,(H3,15,16,17);1H. The molecule has 0 amide bonds. The van der Waals surface area contributed by atoms with Crippen molar-refractivity contribution in [3.8, 4) is 0 Å². The molecular formula is C14H30IN3. The van der Waals surface area contributed by atoms with E-state index < -0.39 is 0 Å². The van der Waals surface area contributed by atoms with Gasteiger partial charge in [-0.05, 0) is 29.6 Å². The minimum absolute atomic E-state index is 0. The van der Waals surface area contributed by atoms with Gasteiger partial charge in [0, 0.05) is 13.1 Å². The maximum absolute atomic E-state index is 5.89. The highest BCUT2D eigenvalue weighted by Crippen LogP contribution is 2.37. The maximum Gasteiger partial charge on any atom is 0.188 e. The molecule has 0 radical (unpaired) electrons. The molecule has 0 saturated heterocycles. The fourth-order valence-electron chi connectivity index (χ4n) is 1.52. The summed E-state index contributed by atoms with van der Waals surface area (Å²) in [6.45, 7) is 13.0. The van der Waals surface area contributed by atoms with E-state index in [4.69, 9.17) is 5.73 Å². The van der Waals surface area contributed by atoms with Crippen LogP contribution < -0.4 is 11.1 Å². The Morgan fingerprint density at radius 2 is 1.78 bits per heavy atom. The number of nitrogens with one attached hydrogen (secondary N) is 1. The Bertz CT molecular complexity index is 275. The highest BCUT2D eigenvalue weighted by molar-refractivity contribution is 14.0. The molecule has 1 aliphatic rings. The van der Waals surface area contributed by atoms with Crippen LogP contribution in [0.1, 0.15) is 53.9 Å². The van der Waals surface area contributed by atoms with Crippen molar-refractivity contribution >= 4 is 29.9 Å². The minimum atomic E-state index is 0. The third-order valence-corrected chi connectivity index (χ3v) is 4.47. The van der Waals surface area contributed by atoms with Crippen molar-refractivity contribution in [2.24, 2.45) is 27.5 Å². The first-order chi connectivity index (χ1) is 7.72. The minimum Gasteiger partial charge on any atom is -0.370 e. The van der Waals surface area contributed by atoms with Crippen LogP contribution >= 0.6 is 24.0 Å². The molecule has 108 valence electrons. The van der Waals surface area contributed by atoms with E-state index >= 15 is 0 Å². The Balaban J connectivity index is 0.00000289. The number of hydrogen-bond donors (Lipinski definition) is 2. The molecule has 0 heterocycles. The monoisotopic (exact) mass is 367 g/mol. The number of guanidine groups is 1. The molecule has 18 heavy (non-hydrogen) atoms. The largest absolute Gasteiger partial charge is 0.370 e. The molecule has 0 aliphatic heterocycles. The van der Waals surface area contributed by atoms with Crippen molar-refractivity contribution in [3.05, 3.63) is 0 Å². The molecule has 1 saturated carbocycles. The molecule has 0 unspecified atom stereocenters. The zero-order valence-electron chi connectivity index (χ0n) is 12.5. The van der Waals surface area contributed by atoms with E-state index in [-0.39, 0.29) is 34.8 Å². The van der Waals surface area contributed by atoms with E-state index in [2.05, 4.69) is 44.9 Å². The van der Waals surface area contributed by atoms with Gasteiger partial charge < -0.3 is 11.1 Å². The van der Waals surface area contributed by atoms with Gasteiger partial charge in [-0.25, -0.2) is 0 Å². The molecule has 0 spiro atoms. The van der Waals surface area contributed by atoms with Gasteiger partial charge in [0.25, 0.3) is 0 Å². The first kappa shape index (κ1) is 18.0. The lowest BCUT2D eigenvalue weighted by Crippen LogP contribution is -2.39. The van der Waals surface area contributed by atoms with Crippen LogP contribution in [-0.2, 0) is 0 Å². The molecule has 0 bridgehead atoms. The van der Waals surface area contributed by atoms with E-state index in [1.165, 1.54) is 19.3 Å². The third-order valence-electron chi connectivity index (χ3n) is 4.47. The molecule has 1 fully saturated rings. The number of aliphatic imine (C=N–C) groups is 1. The summed E-state index contributed by atoms with van der Waals surface area (Å²) in [7, 11) is 0. The van der Waals surface area contributed by atoms with Crippen LogP contribution in [0.25, 0.3) is 0 Å². The Morgan fingerprint density at radius 3 is 2.17 bits per heavy atom. The smallest absolute Gasteiger partial charge is 0.188 e. The van der Waals surface area contributed by atoms with Crippen molar-refractivity contribution in [2.75, 3.05) is 13.1 Å². The van der Waals surface area contributed by atoms with Gasteiger partial charge in [0.05, 0.1) is 0 Å². The highest BCUT2D eigenvalue weighted by atomic mass is 127. The van der Waals surface area contributed by atoms with Crippen LogP contribution in [0.15, 0.2) is 4.99 Å². The van der Waals surface area contributed by atoms with Crippen LogP contribution in [0.4, 0.5) is 0 Å². The number of hydrogen-bond acceptors (Lipinski definition) is 1. The van der Waals surface area contributed by atoms with Crippen LogP contribution in [0, 0.1) is 16.7 Å². The summed E-state index contributed by atoms with van der Waals surface area (Å²) in [5.74, 6) is 1.42. The fourth-order valence-corrected chi connectivity index (χ4v) is 1.52. The van der Waals surface area contributed by atoms with Crippen molar-refractivity contribution in [3.63, 3.8) is 0 Å². The first-order valence-corrected chi connectivity index (χ1v) is 6.76. The second-order valence-electron chi connectivity index (χ2n) is 7.01. The normalized spacial score (nSPS) is 17.9. The van der Waals surface area contributed by atoms with Crippen molar-refractivity contribution < 1.29 is 0 Å². The van der Waals surface area contributed by atoms with E-state index in [0.717, 1.165) is 19.0 Å². The predicted octanol–water partition coefficient (Wildman–Crippen LogP) is 3.38. The van der Waals surface area contributed by atoms with Crippen molar-refractivity contribution in [1.29, 1.82) is 0 Å². The van der Waals surface area contributed by atoms with E-state index in [1.807, 2.05) is 0 Å². The lowest BCUT2D eigenvalue weighted by Gasteiger charge is -2.37. The Labute approximate surface area is 129 Å². The average molecular weight is 367 g/mol. The number of rotatable bonds is 4. The Hall–Kier alpha value is 0. The zero-order valence-corrected chi connectivity index (χ0v) is 14.9. The molecular weight excluding hydrogens is 337 g/mol. The number of nitrogens with two attached hydrogens (primary N) is 1. The summed E-state index contributed by atoms with van der Waals surface area (Å²) in [6, 6.07) is 0. The number of nitrogens with zero attached hydrogens (tertiary/aromatic N) is 1. The second-order valence-corrected chi connectivity index (χ2v) is 7.01. The predicted molar refractivity (Wildman–Crippen MR) is 90.5 cm³/mol. The van der Waals surface area contributed by atoms with Gasteiger partial charge in [0.1, 0.15) is 0 Å². The summed E-state index contributed by atoms with van der Waals surface area (Å²) in [4.78, 5) is 4.48. The summed E-state index contributed by atoms with van der Waals surface area (Å²) >= 11 is 0. The second kappa shape index (κ2) is 6.96. The van der Waals surface area contributed by atoms with E-state index in [1.54, 1.807) is 0 Å². The molecule has 0 aromatic heterocycles. The van der Waals surface area contributed by atoms with E-state index in [9.17, 15) is 0 Å². The van der Waals surface area contributed by atoms with Crippen LogP contribution in [0.3, 0.4) is 0 Å². The molecule has 0 atom stereocenters. The highest BCUT2D eigenvalue weighted by Gasteiger charge is 2.32. The quantitative estimate of drug-likeness (QED) is 0.455. The lowest BCUT2D eigenvalue weighted by atomic mass is 9.69. The molecule has 3 N–H and O–H groups in total. The van der Waals surface area contributed by atoms with Gasteiger partial charge in [-0.1, -0.05) is 41.0 Å². The molecule has 0 aromatic rings. The SMILES string of the molecule is CC(C)(C)C(C)(C)CN=C(N)NCC1CCC1.I. The summed E-state index contributed by atoms with van der Waals surface area (Å²) in [5.41, 5.74) is 6.29. The topological polar surface area (TPSA) is 50.4 Å². The zero-order chi connectivity index (χ0) is 13.1. The van der Waals surface area contributed by atoms with Crippen molar-refractivity contribution in [1.82, 2.24) is 5.32 Å². The van der Waals surface area contributed by atoms with Crippen LogP contribution in [0.2, 0.25) is 0 Å². The molecule has 1 rings (SSSR count). The molecule has 1 aliphatic carbocycles. The maximum atomic E-state index is 5.89. The Kier molecular flexibility index (Phi) is 6.96. The van der Waals surface area contributed by atoms with Gasteiger partial charge >= 0.3 is 0 Å². The third kappa shape index (κ3) is 5.33.